The maximum atomic E-state index is 2.31. The summed E-state index contributed by atoms with van der Waals surface area (Å²) in [6, 6.07) is 69.2. The summed E-state index contributed by atoms with van der Waals surface area (Å²) in [5.74, 6) is 0. The molecule has 8 aromatic carbocycles. The molecule has 8 rings (SSSR count). The maximum Gasteiger partial charge on any atom is 0.0468 e. The van der Waals surface area contributed by atoms with Gasteiger partial charge < -0.3 is 9.80 Å². The van der Waals surface area contributed by atoms with Crippen LogP contribution in [0, 0.1) is 0 Å². The van der Waals surface area contributed by atoms with Gasteiger partial charge in [0, 0.05) is 34.1 Å². The van der Waals surface area contributed by atoms with Gasteiger partial charge >= 0.3 is 0 Å². The number of hydrogen-bond donors (Lipinski definition) is 0. The van der Waals surface area contributed by atoms with Gasteiger partial charge in [-0.15, -0.1) is 0 Å². The Morgan fingerprint density at radius 1 is 0.239 bits per heavy atom. The SMILES string of the molecule is c1ccc(N(c2ccccc2)c2ccc(-c3ccc4c(ccc5cc(N(c6ccccc6)c6ccccc6)ccc54)c3)cc2)cc1. The molecule has 0 fully saturated rings. The van der Waals surface area contributed by atoms with Crippen molar-refractivity contribution in [3.05, 3.63) is 194 Å². The van der Waals surface area contributed by atoms with E-state index >= 15 is 0 Å². The summed E-state index contributed by atoms with van der Waals surface area (Å²) in [5.41, 5.74) is 9.23. The van der Waals surface area contributed by atoms with Crippen molar-refractivity contribution in [3.8, 4) is 11.1 Å². The molecule has 46 heavy (non-hydrogen) atoms. The van der Waals surface area contributed by atoms with E-state index in [1.165, 1.54) is 32.7 Å². The second-order valence-electron chi connectivity index (χ2n) is 11.5. The minimum atomic E-state index is 1.13. The van der Waals surface area contributed by atoms with Gasteiger partial charge in [0.15, 0.2) is 0 Å². The number of rotatable bonds is 7. The Labute approximate surface area is 270 Å². The number of benzene rings is 8. The van der Waals surface area contributed by atoms with Crippen molar-refractivity contribution in [2.75, 3.05) is 9.80 Å². The molecule has 218 valence electrons. The van der Waals surface area contributed by atoms with Crippen LogP contribution in [0.1, 0.15) is 0 Å². The number of nitrogens with zero attached hydrogens (tertiary/aromatic N) is 2. The molecule has 2 heteroatoms. The van der Waals surface area contributed by atoms with Crippen molar-refractivity contribution in [1.29, 1.82) is 0 Å². The molecule has 0 spiro atoms. The highest BCUT2D eigenvalue weighted by Crippen LogP contribution is 2.39. The van der Waals surface area contributed by atoms with Crippen LogP contribution in [0.15, 0.2) is 194 Å². The number of fused-ring (bicyclic) bond motifs is 3. The molecule has 0 aromatic heterocycles. The Bertz CT molecular complexity index is 2150. The fourth-order valence-electron chi connectivity index (χ4n) is 6.38. The molecule has 0 aliphatic carbocycles. The van der Waals surface area contributed by atoms with Crippen LogP contribution >= 0.6 is 0 Å². The second kappa shape index (κ2) is 12.1. The molecule has 8 aromatic rings. The molecular formula is C44H32N2. The van der Waals surface area contributed by atoms with Crippen molar-refractivity contribution in [1.82, 2.24) is 0 Å². The zero-order valence-corrected chi connectivity index (χ0v) is 25.4. The molecule has 0 heterocycles. The van der Waals surface area contributed by atoms with Gasteiger partial charge in [-0.1, -0.05) is 115 Å². The van der Waals surface area contributed by atoms with Crippen molar-refractivity contribution < 1.29 is 0 Å². The van der Waals surface area contributed by atoms with Crippen molar-refractivity contribution in [3.63, 3.8) is 0 Å². The highest BCUT2D eigenvalue weighted by Gasteiger charge is 2.14. The Kier molecular flexibility index (Phi) is 7.22. The molecule has 0 saturated heterocycles. The van der Waals surface area contributed by atoms with Gasteiger partial charge in [-0.05, 0) is 112 Å². The summed E-state index contributed by atoms with van der Waals surface area (Å²) in [6.07, 6.45) is 0. The average molecular weight is 589 g/mol. The van der Waals surface area contributed by atoms with Crippen LogP contribution in [0.5, 0.6) is 0 Å². The smallest absolute Gasteiger partial charge is 0.0468 e. The van der Waals surface area contributed by atoms with E-state index in [0.29, 0.717) is 0 Å². The normalized spacial score (nSPS) is 11.0. The van der Waals surface area contributed by atoms with E-state index in [2.05, 4.69) is 204 Å². The van der Waals surface area contributed by atoms with E-state index in [-0.39, 0.29) is 0 Å². The Balaban J connectivity index is 1.13. The zero-order chi connectivity index (χ0) is 30.7. The first-order valence-electron chi connectivity index (χ1n) is 15.7. The minimum absolute atomic E-state index is 1.13. The van der Waals surface area contributed by atoms with Crippen molar-refractivity contribution in [2.24, 2.45) is 0 Å². The van der Waals surface area contributed by atoms with E-state index in [9.17, 15) is 0 Å². The average Bonchev–Trinajstić information content (AvgIpc) is 3.14. The molecule has 0 aliphatic rings. The van der Waals surface area contributed by atoms with E-state index < -0.39 is 0 Å². The second-order valence-corrected chi connectivity index (χ2v) is 11.5. The Morgan fingerprint density at radius 3 is 1.07 bits per heavy atom. The van der Waals surface area contributed by atoms with Crippen LogP contribution in [0.25, 0.3) is 32.7 Å². The topological polar surface area (TPSA) is 6.48 Å². The van der Waals surface area contributed by atoms with Gasteiger partial charge in [-0.2, -0.15) is 0 Å². The lowest BCUT2D eigenvalue weighted by molar-refractivity contribution is 1.28. The molecule has 0 bridgehead atoms. The van der Waals surface area contributed by atoms with E-state index in [1.54, 1.807) is 0 Å². The van der Waals surface area contributed by atoms with Crippen LogP contribution in [0.3, 0.4) is 0 Å². The van der Waals surface area contributed by atoms with Crippen LogP contribution in [0.2, 0.25) is 0 Å². The van der Waals surface area contributed by atoms with Gasteiger partial charge in [0.25, 0.3) is 0 Å². The molecule has 0 amide bonds. The quantitative estimate of drug-likeness (QED) is 0.171. The summed E-state index contributed by atoms with van der Waals surface area (Å²) in [6.45, 7) is 0. The minimum Gasteiger partial charge on any atom is -0.311 e. The molecule has 0 aliphatic heterocycles. The van der Waals surface area contributed by atoms with Crippen LogP contribution in [0.4, 0.5) is 34.1 Å². The fraction of sp³-hybridized carbons (Fsp3) is 0. The molecule has 0 N–H and O–H groups in total. The zero-order valence-electron chi connectivity index (χ0n) is 25.4. The number of hydrogen-bond acceptors (Lipinski definition) is 2. The molecule has 2 nitrogen and oxygen atoms in total. The van der Waals surface area contributed by atoms with Gasteiger partial charge in [0.2, 0.25) is 0 Å². The first-order chi connectivity index (χ1) is 22.8. The number of anilines is 6. The third kappa shape index (κ3) is 5.27. The van der Waals surface area contributed by atoms with E-state index in [1.807, 2.05) is 0 Å². The van der Waals surface area contributed by atoms with Gasteiger partial charge in [-0.25, -0.2) is 0 Å². The molecule has 0 atom stereocenters. The Morgan fingerprint density at radius 2 is 0.587 bits per heavy atom. The standard InChI is InChI=1S/C44H32N2/c1-5-13-37(14-6-1)45(38-15-7-2-8-16-38)41-26-23-33(24-27-41)34-25-29-43-35(31-34)21-22-36-32-42(28-30-44(36)43)46(39-17-9-3-10-18-39)40-19-11-4-12-20-40/h1-32H. The predicted octanol–water partition coefficient (Wildman–Crippen LogP) is 12.6. The monoisotopic (exact) mass is 588 g/mol. The molecular weight excluding hydrogens is 556 g/mol. The van der Waals surface area contributed by atoms with Gasteiger partial charge in [-0.3, -0.25) is 0 Å². The Hall–Kier alpha value is -6.12. The fourth-order valence-corrected chi connectivity index (χ4v) is 6.38. The van der Waals surface area contributed by atoms with Crippen LogP contribution in [-0.2, 0) is 0 Å². The lowest BCUT2D eigenvalue weighted by Gasteiger charge is -2.26. The van der Waals surface area contributed by atoms with Crippen LogP contribution in [-0.4, -0.2) is 0 Å². The summed E-state index contributed by atoms with van der Waals surface area (Å²) in [5, 5.41) is 4.97. The van der Waals surface area contributed by atoms with Gasteiger partial charge in [0.05, 0.1) is 0 Å². The van der Waals surface area contributed by atoms with Gasteiger partial charge in [0.1, 0.15) is 0 Å². The molecule has 0 unspecified atom stereocenters. The lowest BCUT2D eigenvalue weighted by Crippen LogP contribution is -2.09. The van der Waals surface area contributed by atoms with E-state index in [0.717, 1.165) is 34.1 Å². The number of para-hydroxylation sites is 4. The van der Waals surface area contributed by atoms with Crippen LogP contribution < -0.4 is 9.80 Å². The highest BCUT2D eigenvalue weighted by molar-refractivity contribution is 6.09. The maximum absolute atomic E-state index is 2.31. The highest BCUT2D eigenvalue weighted by atomic mass is 15.1. The third-order valence-electron chi connectivity index (χ3n) is 8.59. The summed E-state index contributed by atoms with van der Waals surface area (Å²) >= 11 is 0. The summed E-state index contributed by atoms with van der Waals surface area (Å²) < 4.78 is 0. The lowest BCUT2D eigenvalue weighted by atomic mass is 9.97. The largest absolute Gasteiger partial charge is 0.311 e. The first kappa shape index (κ1) is 27.4. The summed E-state index contributed by atoms with van der Waals surface area (Å²) in [7, 11) is 0. The predicted molar refractivity (Wildman–Crippen MR) is 196 cm³/mol. The molecule has 0 radical (unpaired) electrons. The molecule has 0 saturated carbocycles. The van der Waals surface area contributed by atoms with Crippen molar-refractivity contribution >= 4 is 55.7 Å². The van der Waals surface area contributed by atoms with E-state index in [4.69, 9.17) is 0 Å². The van der Waals surface area contributed by atoms with Crippen molar-refractivity contribution in [2.45, 2.75) is 0 Å². The third-order valence-corrected chi connectivity index (χ3v) is 8.59. The first-order valence-corrected chi connectivity index (χ1v) is 15.7. The summed E-state index contributed by atoms with van der Waals surface area (Å²) in [4.78, 5) is 4.61.